The highest BCUT2D eigenvalue weighted by molar-refractivity contribution is 5.44. The van der Waals surface area contributed by atoms with Crippen molar-refractivity contribution in [2.75, 3.05) is 6.61 Å². The van der Waals surface area contributed by atoms with E-state index in [1.165, 1.54) is 32.1 Å². The monoisotopic (exact) mass is 464 g/mol. The summed E-state index contributed by atoms with van der Waals surface area (Å²) in [5.41, 5.74) is 1.02. The number of hydrogen-bond acceptors (Lipinski definition) is 2. The van der Waals surface area contributed by atoms with E-state index in [0.717, 1.165) is 36.1 Å². The van der Waals surface area contributed by atoms with Crippen molar-refractivity contribution in [3.8, 4) is 5.75 Å². The maximum Gasteiger partial charge on any atom is 0.132 e. The fourth-order valence-electron chi connectivity index (χ4n) is 4.49. The van der Waals surface area contributed by atoms with Crippen molar-refractivity contribution in [3.05, 3.63) is 89.8 Å². The Morgan fingerprint density at radius 3 is 2.26 bits per heavy atom. The maximum absolute atomic E-state index is 15.5. The summed E-state index contributed by atoms with van der Waals surface area (Å²) in [5, 5.41) is 0. The van der Waals surface area contributed by atoms with Crippen LogP contribution in [0.15, 0.2) is 78.7 Å². The first-order valence-corrected chi connectivity index (χ1v) is 13.1. The normalized spacial score (nSPS) is 20.7. The summed E-state index contributed by atoms with van der Waals surface area (Å²) in [5.74, 6) is 0.254. The SMILES string of the molecule is CCCCCCOC1(c2ccccc2)C=CC(c2ccc(OC(C)CCCCC)cc2)C(F)=C1. The highest BCUT2D eigenvalue weighted by atomic mass is 19.1. The molecule has 1 aliphatic rings. The molecule has 184 valence electrons. The molecule has 0 saturated heterocycles. The number of benzene rings is 2. The summed E-state index contributed by atoms with van der Waals surface area (Å²) in [6.07, 6.45) is 15.0. The third-order valence-electron chi connectivity index (χ3n) is 6.54. The zero-order valence-corrected chi connectivity index (χ0v) is 21.1. The van der Waals surface area contributed by atoms with E-state index in [2.05, 4.69) is 20.8 Å². The minimum atomic E-state index is -0.856. The van der Waals surface area contributed by atoms with Gasteiger partial charge in [-0.1, -0.05) is 94.5 Å². The van der Waals surface area contributed by atoms with E-state index >= 15 is 4.39 Å². The Morgan fingerprint density at radius 2 is 1.59 bits per heavy atom. The van der Waals surface area contributed by atoms with Gasteiger partial charge in [-0.25, -0.2) is 4.39 Å². The summed E-state index contributed by atoms with van der Waals surface area (Å²) >= 11 is 0. The smallest absolute Gasteiger partial charge is 0.132 e. The second-order valence-electron chi connectivity index (χ2n) is 9.43. The molecule has 1 aliphatic carbocycles. The zero-order valence-electron chi connectivity index (χ0n) is 21.1. The highest BCUT2D eigenvalue weighted by Gasteiger charge is 2.34. The molecule has 0 amide bonds. The minimum Gasteiger partial charge on any atom is -0.491 e. The van der Waals surface area contributed by atoms with E-state index in [1.54, 1.807) is 6.08 Å². The van der Waals surface area contributed by atoms with Crippen LogP contribution in [0.3, 0.4) is 0 Å². The van der Waals surface area contributed by atoms with E-state index in [-0.39, 0.29) is 11.9 Å². The largest absolute Gasteiger partial charge is 0.491 e. The van der Waals surface area contributed by atoms with E-state index in [4.69, 9.17) is 9.47 Å². The number of allylic oxidation sites excluding steroid dienone is 2. The third-order valence-corrected chi connectivity index (χ3v) is 6.54. The number of hydrogen-bond donors (Lipinski definition) is 0. The van der Waals surface area contributed by atoms with Crippen molar-refractivity contribution in [2.45, 2.75) is 89.8 Å². The van der Waals surface area contributed by atoms with Gasteiger partial charge in [0.15, 0.2) is 0 Å². The Labute approximate surface area is 205 Å². The maximum atomic E-state index is 15.5. The molecule has 2 aromatic carbocycles. The second-order valence-corrected chi connectivity index (χ2v) is 9.43. The Bertz CT molecular complexity index is 903. The summed E-state index contributed by atoms with van der Waals surface area (Å²) < 4.78 is 27.9. The number of rotatable bonds is 14. The van der Waals surface area contributed by atoms with Crippen LogP contribution in [-0.2, 0) is 10.3 Å². The molecule has 3 unspecified atom stereocenters. The Morgan fingerprint density at radius 1 is 0.882 bits per heavy atom. The molecule has 3 heteroatoms. The van der Waals surface area contributed by atoms with Crippen molar-refractivity contribution < 1.29 is 13.9 Å². The van der Waals surface area contributed by atoms with Gasteiger partial charge in [0.25, 0.3) is 0 Å². The van der Waals surface area contributed by atoms with Crippen LogP contribution in [-0.4, -0.2) is 12.7 Å². The molecule has 0 bridgehead atoms. The van der Waals surface area contributed by atoms with Gasteiger partial charge in [-0.05, 0) is 61.6 Å². The van der Waals surface area contributed by atoms with Gasteiger partial charge in [0, 0.05) is 6.61 Å². The lowest BCUT2D eigenvalue weighted by atomic mass is 9.83. The Kier molecular flexibility index (Phi) is 10.4. The molecule has 34 heavy (non-hydrogen) atoms. The Balaban J connectivity index is 1.70. The van der Waals surface area contributed by atoms with Gasteiger partial charge in [-0.2, -0.15) is 0 Å². The van der Waals surface area contributed by atoms with E-state index < -0.39 is 11.5 Å². The molecule has 0 N–H and O–H groups in total. The molecule has 0 aliphatic heterocycles. The fraction of sp³-hybridized carbons (Fsp3) is 0.484. The highest BCUT2D eigenvalue weighted by Crippen LogP contribution is 2.41. The van der Waals surface area contributed by atoms with Gasteiger partial charge in [0.1, 0.15) is 17.2 Å². The summed E-state index contributed by atoms with van der Waals surface area (Å²) in [6.45, 7) is 7.12. The topological polar surface area (TPSA) is 18.5 Å². The number of halogens is 1. The third kappa shape index (κ3) is 7.30. The molecule has 0 radical (unpaired) electrons. The van der Waals surface area contributed by atoms with Crippen molar-refractivity contribution in [2.24, 2.45) is 0 Å². The molecule has 3 atom stereocenters. The van der Waals surface area contributed by atoms with E-state index in [0.29, 0.717) is 6.61 Å². The molecule has 0 saturated carbocycles. The predicted molar refractivity (Wildman–Crippen MR) is 140 cm³/mol. The second kappa shape index (κ2) is 13.5. The van der Waals surface area contributed by atoms with Crippen LogP contribution < -0.4 is 4.74 Å². The van der Waals surface area contributed by atoms with Gasteiger partial charge in [0.2, 0.25) is 0 Å². The first-order chi connectivity index (χ1) is 16.6. The van der Waals surface area contributed by atoms with Gasteiger partial charge >= 0.3 is 0 Å². The molecule has 0 fully saturated rings. The van der Waals surface area contributed by atoms with Crippen LogP contribution in [0.25, 0.3) is 0 Å². The van der Waals surface area contributed by atoms with Crippen molar-refractivity contribution >= 4 is 0 Å². The van der Waals surface area contributed by atoms with Crippen LogP contribution in [0, 0.1) is 0 Å². The molecule has 0 spiro atoms. The van der Waals surface area contributed by atoms with Crippen LogP contribution in [0.1, 0.15) is 89.2 Å². The molecular formula is C31H41FO2. The van der Waals surface area contributed by atoms with Crippen molar-refractivity contribution in [3.63, 3.8) is 0 Å². The summed E-state index contributed by atoms with van der Waals surface area (Å²) in [7, 11) is 0. The van der Waals surface area contributed by atoms with Gasteiger partial charge < -0.3 is 9.47 Å². The lowest BCUT2D eigenvalue weighted by Crippen LogP contribution is -2.29. The summed E-state index contributed by atoms with van der Waals surface area (Å²) in [6, 6.07) is 17.8. The van der Waals surface area contributed by atoms with Crippen LogP contribution in [0.5, 0.6) is 5.75 Å². The van der Waals surface area contributed by atoms with E-state index in [1.807, 2.05) is 66.7 Å². The zero-order chi connectivity index (χ0) is 24.2. The molecule has 0 aromatic heterocycles. The quantitative estimate of drug-likeness (QED) is 0.205. The molecular weight excluding hydrogens is 423 g/mol. The molecule has 3 rings (SSSR count). The lowest BCUT2D eigenvalue weighted by Gasteiger charge is -2.33. The average Bonchev–Trinajstić information content (AvgIpc) is 2.85. The number of unbranched alkanes of at least 4 members (excludes halogenated alkanes) is 5. The average molecular weight is 465 g/mol. The summed E-state index contributed by atoms with van der Waals surface area (Å²) in [4.78, 5) is 0. The standard InChI is InChI=1S/C31H41FO2/c1-4-6-8-13-23-33-31(27-15-11-9-12-16-27)22-21-29(30(32)24-31)26-17-19-28(20-18-26)34-25(3)14-10-7-5-2/h9,11-12,15-22,24-25,29H,4-8,10,13-14,23H2,1-3H3. The van der Waals surface area contributed by atoms with Crippen molar-refractivity contribution in [1.29, 1.82) is 0 Å². The molecule has 2 aromatic rings. The first kappa shape index (κ1) is 26.2. The predicted octanol–water partition coefficient (Wildman–Crippen LogP) is 9.03. The Hall–Kier alpha value is -2.39. The number of ether oxygens (including phenoxy) is 2. The minimum absolute atomic E-state index is 0.179. The van der Waals surface area contributed by atoms with Crippen LogP contribution >= 0.6 is 0 Å². The van der Waals surface area contributed by atoms with Gasteiger partial charge in [0.05, 0.1) is 12.0 Å². The van der Waals surface area contributed by atoms with Crippen LogP contribution in [0.4, 0.5) is 4.39 Å². The van der Waals surface area contributed by atoms with Gasteiger partial charge in [-0.15, -0.1) is 0 Å². The van der Waals surface area contributed by atoms with Gasteiger partial charge in [-0.3, -0.25) is 0 Å². The van der Waals surface area contributed by atoms with E-state index in [9.17, 15) is 0 Å². The lowest BCUT2D eigenvalue weighted by molar-refractivity contribution is 0.0190. The molecule has 2 nitrogen and oxygen atoms in total. The fourth-order valence-corrected chi connectivity index (χ4v) is 4.49. The molecule has 0 heterocycles. The first-order valence-electron chi connectivity index (χ1n) is 13.1. The van der Waals surface area contributed by atoms with Crippen LogP contribution in [0.2, 0.25) is 0 Å². The van der Waals surface area contributed by atoms with Crippen molar-refractivity contribution in [1.82, 2.24) is 0 Å².